The summed E-state index contributed by atoms with van der Waals surface area (Å²) in [5, 5.41) is 0. The Morgan fingerprint density at radius 2 is 1.95 bits per heavy atom. The zero-order valence-corrected chi connectivity index (χ0v) is 13.6. The molecule has 0 aliphatic heterocycles. The zero-order valence-electron chi connectivity index (χ0n) is 12.0. The number of hydrogen-bond donors (Lipinski definition) is 0. The van der Waals surface area contributed by atoms with Gasteiger partial charge in [-0.2, -0.15) is 0 Å². The second-order valence-corrected chi connectivity index (χ2v) is 7.87. The van der Waals surface area contributed by atoms with Gasteiger partial charge in [0, 0.05) is 23.4 Å². The molecule has 1 heterocycles. The molecule has 1 aromatic heterocycles. The number of halogens is 1. The summed E-state index contributed by atoms with van der Waals surface area (Å²) in [5.41, 5.74) is 0.237. The SMILES string of the molecule is CCn1cc(S(=O)(=O)Cl)cc1C(=O)OC1CCCCCC1. The predicted octanol–water partition coefficient (Wildman–Crippen LogP) is 3.32. The van der Waals surface area contributed by atoms with Crippen molar-refractivity contribution in [2.75, 3.05) is 0 Å². The Kier molecular flexibility index (Phi) is 5.32. The van der Waals surface area contributed by atoms with Crippen LogP contribution in [-0.4, -0.2) is 25.1 Å². The Labute approximate surface area is 129 Å². The minimum atomic E-state index is -3.84. The van der Waals surface area contributed by atoms with E-state index in [1.807, 2.05) is 6.92 Å². The zero-order chi connectivity index (χ0) is 15.5. The normalized spacial score (nSPS) is 17.4. The molecule has 0 radical (unpaired) electrons. The summed E-state index contributed by atoms with van der Waals surface area (Å²) < 4.78 is 29.8. The smallest absolute Gasteiger partial charge is 0.355 e. The molecular formula is C14H20ClNO4S. The number of ether oxygens (including phenoxy) is 1. The van der Waals surface area contributed by atoms with Gasteiger partial charge < -0.3 is 9.30 Å². The highest BCUT2D eigenvalue weighted by Gasteiger charge is 2.23. The molecule has 2 rings (SSSR count). The third kappa shape index (κ3) is 4.23. The van der Waals surface area contributed by atoms with Crippen LogP contribution in [0.2, 0.25) is 0 Å². The van der Waals surface area contributed by atoms with E-state index >= 15 is 0 Å². The first-order valence-electron chi connectivity index (χ1n) is 7.27. The summed E-state index contributed by atoms with van der Waals surface area (Å²) in [6.45, 7) is 2.30. The fourth-order valence-corrected chi connectivity index (χ4v) is 3.38. The lowest BCUT2D eigenvalue weighted by molar-refractivity contribution is 0.0255. The topological polar surface area (TPSA) is 65.4 Å². The highest BCUT2D eigenvalue weighted by atomic mass is 35.7. The van der Waals surface area contributed by atoms with Gasteiger partial charge in [0.15, 0.2) is 0 Å². The molecule has 5 nitrogen and oxygen atoms in total. The number of carbonyl (C=O) groups excluding carboxylic acids is 1. The van der Waals surface area contributed by atoms with Crippen LogP contribution in [0.4, 0.5) is 0 Å². The summed E-state index contributed by atoms with van der Waals surface area (Å²) in [4.78, 5) is 12.2. The molecular weight excluding hydrogens is 314 g/mol. The Hall–Kier alpha value is -1.01. The van der Waals surface area contributed by atoms with E-state index in [1.54, 1.807) is 4.57 Å². The van der Waals surface area contributed by atoms with Crippen molar-refractivity contribution >= 4 is 25.7 Å². The van der Waals surface area contributed by atoms with Crippen LogP contribution in [0.15, 0.2) is 17.2 Å². The standard InChI is InChI=1S/C14H20ClNO4S/c1-2-16-10-12(21(15,18)19)9-13(16)14(17)20-11-7-5-3-4-6-8-11/h9-11H,2-8H2,1H3. The summed E-state index contributed by atoms with van der Waals surface area (Å²) in [6.07, 6.45) is 7.52. The third-order valence-corrected chi connectivity index (χ3v) is 5.10. The average molecular weight is 334 g/mol. The third-order valence-electron chi connectivity index (χ3n) is 3.78. The molecule has 0 amide bonds. The number of nitrogens with zero attached hydrogens (tertiary/aromatic N) is 1. The molecule has 21 heavy (non-hydrogen) atoms. The van der Waals surface area contributed by atoms with Crippen molar-refractivity contribution < 1.29 is 17.9 Å². The molecule has 0 saturated heterocycles. The van der Waals surface area contributed by atoms with Crippen molar-refractivity contribution in [1.29, 1.82) is 0 Å². The first kappa shape index (κ1) is 16.4. The van der Waals surface area contributed by atoms with Crippen molar-refractivity contribution in [3.8, 4) is 0 Å². The number of aromatic nitrogens is 1. The molecule has 118 valence electrons. The molecule has 0 atom stereocenters. The van der Waals surface area contributed by atoms with Gasteiger partial charge in [0.25, 0.3) is 9.05 Å². The van der Waals surface area contributed by atoms with E-state index in [-0.39, 0.29) is 16.7 Å². The maximum absolute atomic E-state index is 12.3. The van der Waals surface area contributed by atoms with E-state index < -0.39 is 15.0 Å². The molecule has 7 heteroatoms. The van der Waals surface area contributed by atoms with Crippen LogP contribution < -0.4 is 0 Å². The largest absolute Gasteiger partial charge is 0.458 e. The number of aryl methyl sites for hydroxylation is 1. The molecule has 0 bridgehead atoms. The number of carbonyl (C=O) groups is 1. The fourth-order valence-electron chi connectivity index (χ4n) is 2.62. The first-order valence-corrected chi connectivity index (χ1v) is 9.58. The molecule has 1 aliphatic carbocycles. The van der Waals surface area contributed by atoms with Gasteiger partial charge in [0.2, 0.25) is 0 Å². The minimum Gasteiger partial charge on any atom is -0.458 e. The second-order valence-electron chi connectivity index (χ2n) is 5.30. The molecule has 0 unspecified atom stereocenters. The van der Waals surface area contributed by atoms with Gasteiger partial charge in [0.1, 0.15) is 16.7 Å². The molecule has 0 spiro atoms. The van der Waals surface area contributed by atoms with E-state index in [0.717, 1.165) is 25.7 Å². The van der Waals surface area contributed by atoms with Crippen LogP contribution in [0, 0.1) is 0 Å². The summed E-state index contributed by atoms with van der Waals surface area (Å²) in [6, 6.07) is 1.28. The van der Waals surface area contributed by atoms with Crippen molar-refractivity contribution in [2.24, 2.45) is 0 Å². The molecule has 0 N–H and O–H groups in total. The Morgan fingerprint density at radius 1 is 1.33 bits per heavy atom. The summed E-state index contributed by atoms with van der Waals surface area (Å²) in [7, 11) is 1.48. The molecule has 1 aliphatic rings. The minimum absolute atomic E-state index is 0.0705. The molecule has 1 fully saturated rings. The molecule has 1 aromatic rings. The average Bonchev–Trinajstić information content (AvgIpc) is 2.71. The Morgan fingerprint density at radius 3 is 2.48 bits per heavy atom. The van der Waals surface area contributed by atoms with Crippen LogP contribution in [0.3, 0.4) is 0 Å². The van der Waals surface area contributed by atoms with Crippen LogP contribution in [0.25, 0.3) is 0 Å². The molecule has 1 saturated carbocycles. The number of hydrogen-bond acceptors (Lipinski definition) is 4. The van der Waals surface area contributed by atoms with E-state index in [2.05, 4.69) is 0 Å². The second kappa shape index (κ2) is 6.83. The maximum atomic E-state index is 12.3. The predicted molar refractivity (Wildman–Crippen MR) is 80.1 cm³/mol. The monoisotopic (exact) mass is 333 g/mol. The van der Waals surface area contributed by atoms with Crippen molar-refractivity contribution in [3.05, 3.63) is 18.0 Å². The Bertz CT molecular complexity index is 600. The van der Waals surface area contributed by atoms with Crippen LogP contribution in [0.1, 0.15) is 55.9 Å². The number of rotatable bonds is 4. The van der Waals surface area contributed by atoms with Crippen LogP contribution in [0.5, 0.6) is 0 Å². The van der Waals surface area contributed by atoms with Crippen molar-refractivity contribution in [2.45, 2.75) is 63.0 Å². The maximum Gasteiger partial charge on any atom is 0.355 e. The van der Waals surface area contributed by atoms with Gasteiger partial charge in [-0.25, -0.2) is 13.2 Å². The Balaban J connectivity index is 2.16. The van der Waals surface area contributed by atoms with Gasteiger partial charge in [-0.1, -0.05) is 12.8 Å². The van der Waals surface area contributed by atoms with Gasteiger partial charge in [0.05, 0.1) is 0 Å². The van der Waals surface area contributed by atoms with Crippen LogP contribution in [-0.2, 0) is 20.3 Å². The van der Waals surface area contributed by atoms with Crippen molar-refractivity contribution in [3.63, 3.8) is 0 Å². The van der Waals surface area contributed by atoms with Gasteiger partial charge >= 0.3 is 5.97 Å². The van der Waals surface area contributed by atoms with Gasteiger partial charge in [-0.05, 0) is 38.7 Å². The van der Waals surface area contributed by atoms with Crippen LogP contribution >= 0.6 is 10.7 Å². The highest BCUT2D eigenvalue weighted by Crippen LogP contribution is 2.23. The van der Waals surface area contributed by atoms with E-state index in [0.29, 0.717) is 6.54 Å². The lowest BCUT2D eigenvalue weighted by Crippen LogP contribution is -2.19. The van der Waals surface area contributed by atoms with Gasteiger partial charge in [-0.3, -0.25) is 0 Å². The quantitative estimate of drug-likeness (QED) is 0.481. The lowest BCUT2D eigenvalue weighted by Gasteiger charge is -2.15. The highest BCUT2D eigenvalue weighted by molar-refractivity contribution is 8.13. The van der Waals surface area contributed by atoms with E-state index in [1.165, 1.54) is 25.1 Å². The lowest BCUT2D eigenvalue weighted by atomic mass is 10.1. The molecule has 0 aromatic carbocycles. The van der Waals surface area contributed by atoms with Crippen molar-refractivity contribution in [1.82, 2.24) is 4.57 Å². The van der Waals surface area contributed by atoms with E-state index in [9.17, 15) is 13.2 Å². The fraction of sp³-hybridized carbons (Fsp3) is 0.643. The number of esters is 1. The van der Waals surface area contributed by atoms with E-state index in [4.69, 9.17) is 15.4 Å². The summed E-state index contributed by atoms with van der Waals surface area (Å²) in [5.74, 6) is -0.477. The van der Waals surface area contributed by atoms with Gasteiger partial charge in [-0.15, -0.1) is 0 Å². The summed E-state index contributed by atoms with van der Waals surface area (Å²) >= 11 is 0. The first-order chi connectivity index (χ1) is 9.91.